The van der Waals surface area contributed by atoms with Gasteiger partial charge < -0.3 is 10.1 Å². The maximum atomic E-state index is 12.2. The predicted molar refractivity (Wildman–Crippen MR) is 85.2 cm³/mol. The maximum Gasteiger partial charge on any atom is 0.244 e. The SMILES string of the molecule is CC(C(=O)N(C)c1cn(-c2ccc[n+]([O-])c2)nc1Cl)S(C)(=O)=O. The van der Waals surface area contributed by atoms with Gasteiger partial charge in [0.25, 0.3) is 0 Å². The van der Waals surface area contributed by atoms with Gasteiger partial charge in [-0.1, -0.05) is 11.6 Å². The highest BCUT2D eigenvalue weighted by Crippen LogP contribution is 2.25. The summed E-state index contributed by atoms with van der Waals surface area (Å²) in [5, 5.41) is 14.2. The van der Waals surface area contributed by atoms with E-state index in [0.29, 0.717) is 10.4 Å². The lowest BCUT2D eigenvalue weighted by Crippen LogP contribution is -2.38. The summed E-state index contributed by atoms with van der Waals surface area (Å²) in [6.07, 6.45) is 5.04. The molecule has 0 fully saturated rings. The number of anilines is 1. The fourth-order valence-corrected chi connectivity index (χ4v) is 2.64. The number of carbonyl (C=O) groups is 1. The van der Waals surface area contributed by atoms with Crippen molar-refractivity contribution in [3.8, 4) is 5.69 Å². The van der Waals surface area contributed by atoms with Crippen molar-refractivity contribution in [3.05, 3.63) is 41.1 Å². The van der Waals surface area contributed by atoms with Crippen molar-refractivity contribution < 1.29 is 17.9 Å². The average Bonchev–Trinajstić information content (AvgIpc) is 2.86. The first-order chi connectivity index (χ1) is 10.6. The summed E-state index contributed by atoms with van der Waals surface area (Å²) in [5.74, 6) is -0.624. The van der Waals surface area contributed by atoms with Gasteiger partial charge in [-0.3, -0.25) is 4.79 Å². The summed E-state index contributed by atoms with van der Waals surface area (Å²) < 4.78 is 25.0. The molecule has 2 rings (SSSR count). The quantitative estimate of drug-likeness (QED) is 0.587. The number of amides is 1. The highest BCUT2D eigenvalue weighted by molar-refractivity contribution is 7.92. The van der Waals surface area contributed by atoms with Gasteiger partial charge in [0.1, 0.15) is 16.6 Å². The average molecular weight is 359 g/mol. The van der Waals surface area contributed by atoms with Crippen LogP contribution in [0.5, 0.6) is 0 Å². The number of sulfone groups is 1. The minimum Gasteiger partial charge on any atom is -0.619 e. The van der Waals surface area contributed by atoms with Crippen LogP contribution in [0, 0.1) is 5.21 Å². The summed E-state index contributed by atoms with van der Waals surface area (Å²) >= 11 is 6.03. The molecule has 0 saturated carbocycles. The van der Waals surface area contributed by atoms with Gasteiger partial charge in [0.05, 0.1) is 6.20 Å². The molecule has 0 radical (unpaired) electrons. The predicted octanol–water partition coefficient (Wildman–Crippen LogP) is 0.555. The van der Waals surface area contributed by atoms with Gasteiger partial charge in [-0.15, -0.1) is 0 Å². The number of aromatic nitrogens is 3. The molecule has 0 aromatic carbocycles. The van der Waals surface area contributed by atoms with Crippen LogP contribution in [0.15, 0.2) is 30.7 Å². The summed E-state index contributed by atoms with van der Waals surface area (Å²) in [4.78, 5) is 13.4. The Bertz CT molecular complexity index is 849. The first-order valence-corrected chi connectivity index (χ1v) is 8.85. The van der Waals surface area contributed by atoms with E-state index in [9.17, 15) is 18.4 Å². The molecule has 0 saturated heterocycles. The second kappa shape index (κ2) is 6.17. The van der Waals surface area contributed by atoms with E-state index in [2.05, 4.69) is 5.10 Å². The molecule has 0 spiro atoms. The fourth-order valence-electron chi connectivity index (χ4n) is 1.85. The molecule has 8 nitrogen and oxygen atoms in total. The van der Waals surface area contributed by atoms with E-state index in [0.717, 1.165) is 11.2 Å². The minimum atomic E-state index is -3.53. The molecule has 0 bridgehead atoms. The normalized spacial score (nSPS) is 12.9. The van der Waals surface area contributed by atoms with Crippen LogP contribution in [0.25, 0.3) is 5.69 Å². The van der Waals surface area contributed by atoms with Crippen molar-refractivity contribution in [2.24, 2.45) is 0 Å². The smallest absolute Gasteiger partial charge is 0.244 e. The highest BCUT2D eigenvalue weighted by atomic mass is 35.5. The molecule has 0 N–H and O–H groups in total. The summed E-state index contributed by atoms with van der Waals surface area (Å²) in [5.41, 5.74) is 0.695. The first-order valence-electron chi connectivity index (χ1n) is 6.52. The third-order valence-corrected chi connectivity index (χ3v) is 5.11. The topological polar surface area (TPSA) is 99.2 Å². The second-order valence-corrected chi connectivity index (χ2v) is 7.76. The second-order valence-electron chi connectivity index (χ2n) is 5.04. The molecule has 2 heterocycles. The molecule has 1 atom stereocenters. The van der Waals surface area contributed by atoms with E-state index in [1.54, 1.807) is 6.07 Å². The Balaban J connectivity index is 2.36. The molecule has 0 aliphatic heterocycles. The summed E-state index contributed by atoms with van der Waals surface area (Å²) in [6.45, 7) is 1.31. The molecule has 10 heteroatoms. The van der Waals surface area contributed by atoms with Gasteiger partial charge in [-0.2, -0.15) is 9.83 Å². The largest absolute Gasteiger partial charge is 0.619 e. The molecule has 2 aromatic heterocycles. The first kappa shape index (κ1) is 17.2. The van der Waals surface area contributed by atoms with Crippen molar-refractivity contribution >= 4 is 33.0 Å². The van der Waals surface area contributed by atoms with E-state index in [-0.39, 0.29) is 10.8 Å². The van der Waals surface area contributed by atoms with E-state index >= 15 is 0 Å². The van der Waals surface area contributed by atoms with E-state index < -0.39 is 21.0 Å². The van der Waals surface area contributed by atoms with Crippen LogP contribution in [-0.4, -0.2) is 42.7 Å². The maximum absolute atomic E-state index is 12.2. The lowest BCUT2D eigenvalue weighted by Gasteiger charge is -2.19. The number of halogens is 1. The van der Waals surface area contributed by atoms with Gasteiger partial charge >= 0.3 is 0 Å². The van der Waals surface area contributed by atoms with Crippen LogP contribution < -0.4 is 9.63 Å². The standard InChI is InChI=1S/C13H15ClN4O4S/c1-9(23(3,21)22)13(19)16(2)11-8-18(15-12(11)14)10-5-4-6-17(20)7-10/h4-9H,1-3H3. The molecular weight excluding hydrogens is 344 g/mol. The van der Waals surface area contributed by atoms with Crippen molar-refractivity contribution in [2.45, 2.75) is 12.2 Å². The lowest BCUT2D eigenvalue weighted by molar-refractivity contribution is -0.605. The third-order valence-electron chi connectivity index (χ3n) is 3.36. The van der Waals surface area contributed by atoms with E-state index in [4.69, 9.17) is 11.6 Å². The Hall–Kier alpha value is -2.13. The van der Waals surface area contributed by atoms with Crippen LogP contribution in [0.4, 0.5) is 5.69 Å². The van der Waals surface area contributed by atoms with Gasteiger partial charge in [0.2, 0.25) is 12.1 Å². The Labute approximate surface area is 138 Å². The number of rotatable bonds is 4. The molecule has 2 aromatic rings. The molecule has 1 amide bonds. The highest BCUT2D eigenvalue weighted by Gasteiger charge is 2.29. The van der Waals surface area contributed by atoms with Gasteiger partial charge in [-0.05, 0) is 13.0 Å². The zero-order valence-electron chi connectivity index (χ0n) is 12.7. The Morgan fingerprint density at radius 2 is 2.17 bits per heavy atom. The van der Waals surface area contributed by atoms with Gasteiger partial charge in [0, 0.05) is 19.4 Å². The monoisotopic (exact) mass is 358 g/mol. The molecule has 23 heavy (non-hydrogen) atoms. The minimum absolute atomic E-state index is 0.0165. The molecular formula is C13H15ClN4O4S. The van der Waals surface area contributed by atoms with Crippen LogP contribution >= 0.6 is 11.6 Å². The zero-order chi connectivity index (χ0) is 17.4. The Kier molecular flexibility index (Phi) is 4.62. The summed E-state index contributed by atoms with van der Waals surface area (Å²) in [6, 6.07) is 3.18. The van der Waals surface area contributed by atoms with Crippen LogP contribution in [0.3, 0.4) is 0 Å². The number of pyridine rings is 1. The Morgan fingerprint density at radius 1 is 1.52 bits per heavy atom. The van der Waals surface area contributed by atoms with Gasteiger partial charge in [0.15, 0.2) is 21.2 Å². The molecule has 0 aliphatic rings. The van der Waals surface area contributed by atoms with Crippen LogP contribution in [0.1, 0.15) is 6.92 Å². The number of carbonyl (C=O) groups excluding carboxylic acids is 1. The van der Waals surface area contributed by atoms with Gasteiger partial charge in [-0.25, -0.2) is 13.1 Å². The van der Waals surface area contributed by atoms with Crippen molar-refractivity contribution in [1.29, 1.82) is 0 Å². The van der Waals surface area contributed by atoms with E-state index in [1.165, 1.54) is 43.3 Å². The van der Waals surface area contributed by atoms with Crippen LogP contribution in [0.2, 0.25) is 5.15 Å². The van der Waals surface area contributed by atoms with Crippen molar-refractivity contribution in [2.75, 3.05) is 18.2 Å². The molecule has 0 aliphatic carbocycles. The van der Waals surface area contributed by atoms with Crippen molar-refractivity contribution in [1.82, 2.24) is 9.78 Å². The van der Waals surface area contributed by atoms with Crippen LogP contribution in [-0.2, 0) is 14.6 Å². The lowest BCUT2D eigenvalue weighted by atomic mass is 10.3. The number of hydrogen-bond acceptors (Lipinski definition) is 5. The number of nitrogens with zero attached hydrogens (tertiary/aromatic N) is 4. The van der Waals surface area contributed by atoms with E-state index in [1.807, 2.05) is 0 Å². The number of hydrogen-bond donors (Lipinski definition) is 0. The molecule has 124 valence electrons. The zero-order valence-corrected chi connectivity index (χ0v) is 14.2. The Morgan fingerprint density at radius 3 is 2.74 bits per heavy atom. The fraction of sp³-hybridized carbons (Fsp3) is 0.308. The molecule has 1 unspecified atom stereocenters. The third kappa shape index (κ3) is 3.62. The summed E-state index contributed by atoms with van der Waals surface area (Å²) in [7, 11) is -2.11. The van der Waals surface area contributed by atoms with Crippen molar-refractivity contribution in [3.63, 3.8) is 0 Å².